The molecule has 1 aliphatic carbocycles. The van der Waals surface area contributed by atoms with E-state index in [0.29, 0.717) is 38.0 Å². The number of hydrogen-bond acceptors (Lipinski definition) is 3. The fraction of sp³-hybridized carbons (Fsp3) is 0.667. The Morgan fingerprint density at radius 1 is 1.24 bits per heavy atom. The molecule has 4 atom stereocenters. The molecular weight excluding hydrogens is 393 g/mol. The number of benzene rings is 1. The Morgan fingerprint density at radius 3 is 2.59 bits per heavy atom. The van der Waals surface area contributed by atoms with Gasteiger partial charge in [-0.1, -0.05) is 32.8 Å². The number of piperazine rings is 1. The van der Waals surface area contributed by atoms with Gasteiger partial charge in [0.2, 0.25) is 10.0 Å². The lowest BCUT2D eigenvalue weighted by Crippen LogP contribution is -3.19. The van der Waals surface area contributed by atoms with Crippen LogP contribution in [-0.4, -0.2) is 56.9 Å². The topological polar surface area (TPSA) is 70.9 Å². The van der Waals surface area contributed by atoms with Gasteiger partial charge in [0.15, 0.2) is 6.04 Å². The van der Waals surface area contributed by atoms with Crippen molar-refractivity contribution < 1.29 is 22.5 Å². The molecule has 0 spiro atoms. The fourth-order valence-corrected chi connectivity index (χ4v) is 5.98. The average molecular weight is 427 g/mol. The van der Waals surface area contributed by atoms with Crippen LogP contribution in [0.4, 0.5) is 4.39 Å². The van der Waals surface area contributed by atoms with Crippen molar-refractivity contribution in [1.29, 1.82) is 0 Å². The van der Waals surface area contributed by atoms with Crippen molar-refractivity contribution in [1.82, 2.24) is 9.62 Å². The number of nitrogens with zero attached hydrogens (tertiary/aromatic N) is 1. The highest BCUT2D eigenvalue weighted by Crippen LogP contribution is 2.29. The van der Waals surface area contributed by atoms with E-state index in [4.69, 9.17) is 0 Å². The fourth-order valence-electron chi connectivity index (χ4n) is 4.50. The highest BCUT2D eigenvalue weighted by Gasteiger charge is 2.36. The summed E-state index contributed by atoms with van der Waals surface area (Å²) in [6.45, 7) is 8.13. The maximum absolute atomic E-state index is 13.4. The van der Waals surface area contributed by atoms with E-state index in [9.17, 15) is 17.6 Å². The Balaban J connectivity index is 1.56. The predicted octanol–water partition coefficient (Wildman–Crippen LogP) is 1.04. The predicted molar refractivity (Wildman–Crippen MR) is 109 cm³/mol. The van der Waals surface area contributed by atoms with Crippen molar-refractivity contribution >= 4 is 15.9 Å². The smallest absolute Gasteiger partial charge is 0.278 e. The van der Waals surface area contributed by atoms with Crippen LogP contribution in [0, 0.1) is 17.7 Å². The molecule has 3 rings (SSSR count). The van der Waals surface area contributed by atoms with Gasteiger partial charge in [0.05, 0.1) is 31.1 Å². The van der Waals surface area contributed by atoms with Gasteiger partial charge < -0.3 is 10.2 Å². The number of nitrogens with one attached hydrogen (secondary N) is 2. The van der Waals surface area contributed by atoms with Gasteiger partial charge >= 0.3 is 0 Å². The van der Waals surface area contributed by atoms with E-state index in [2.05, 4.69) is 19.2 Å². The molecule has 2 aliphatic rings. The van der Waals surface area contributed by atoms with E-state index in [1.807, 2.05) is 6.92 Å². The van der Waals surface area contributed by atoms with E-state index in [1.54, 1.807) is 0 Å². The molecular formula is C21H33FN3O3S+. The summed E-state index contributed by atoms with van der Waals surface area (Å²) in [6, 6.07) is 5.11. The lowest BCUT2D eigenvalue weighted by Gasteiger charge is -2.37. The molecule has 2 N–H and O–H groups in total. The number of amides is 1. The van der Waals surface area contributed by atoms with E-state index in [0.717, 1.165) is 23.8 Å². The lowest BCUT2D eigenvalue weighted by molar-refractivity contribution is -0.917. The van der Waals surface area contributed by atoms with Crippen LogP contribution in [-0.2, 0) is 14.8 Å². The third-order valence-corrected chi connectivity index (χ3v) is 8.73. The minimum atomic E-state index is -3.71. The van der Waals surface area contributed by atoms with Gasteiger partial charge in [-0.15, -0.1) is 0 Å². The Hall–Kier alpha value is -1.51. The molecule has 0 unspecified atom stereocenters. The summed E-state index contributed by atoms with van der Waals surface area (Å²) in [6.07, 6.45) is 3.39. The third-order valence-electron chi connectivity index (χ3n) is 6.84. The second-order valence-corrected chi connectivity index (χ2v) is 10.6. The minimum absolute atomic E-state index is 0.0212. The Morgan fingerprint density at radius 2 is 1.93 bits per heavy atom. The molecule has 29 heavy (non-hydrogen) atoms. The maximum Gasteiger partial charge on any atom is 0.278 e. The largest absolute Gasteiger partial charge is 0.348 e. The quantitative estimate of drug-likeness (QED) is 0.739. The number of hydrogen-bond donors (Lipinski definition) is 2. The zero-order valence-corrected chi connectivity index (χ0v) is 18.3. The van der Waals surface area contributed by atoms with E-state index < -0.39 is 15.8 Å². The normalized spacial score (nSPS) is 28.1. The number of carbonyl (C=O) groups is 1. The van der Waals surface area contributed by atoms with Crippen LogP contribution in [0.15, 0.2) is 29.2 Å². The number of halogens is 1. The Kier molecular flexibility index (Phi) is 6.96. The lowest BCUT2D eigenvalue weighted by atomic mass is 9.78. The first-order valence-corrected chi connectivity index (χ1v) is 12.0. The molecule has 0 bridgehead atoms. The van der Waals surface area contributed by atoms with Gasteiger partial charge in [-0.3, -0.25) is 4.79 Å². The van der Waals surface area contributed by atoms with Crippen molar-refractivity contribution in [2.75, 3.05) is 26.2 Å². The van der Waals surface area contributed by atoms with Gasteiger partial charge in [-0.05, 0) is 43.4 Å². The van der Waals surface area contributed by atoms with E-state index in [1.165, 1.54) is 28.9 Å². The Labute approximate surface area is 173 Å². The maximum atomic E-state index is 13.4. The zero-order chi connectivity index (χ0) is 21.2. The van der Waals surface area contributed by atoms with Crippen molar-refractivity contribution in [3.63, 3.8) is 0 Å². The average Bonchev–Trinajstić information content (AvgIpc) is 2.71. The summed E-state index contributed by atoms with van der Waals surface area (Å²) in [5, 5.41) is 3.24. The molecule has 1 aromatic carbocycles. The molecule has 1 aromatic rings. The van der Waals surface area contributed by atoms with Gasteiger partial charge in [-0.25, -0.2) is 12.8 Å². The van der Waals surface area contributed by atoms with Crippen LogP contribution < -0.4 is 10.2 Å². The van der Waals surface area contributed by atoms with Gasteiger partial charge in [0.1, 0.15) is 5.82 Å². The number of sulfonamides is 1. The van der Waals surface area contributed by atoms with Crippen LogP contribution in [0.3, 0.4) is 0 Å². The standard InChI is InChI=1S/C21H32FN3O3S/c1-15-6-4-9-20(16(15)2)23-21(26)17(3)24-10-12-25(13-11-24)29(27,28)19-8-5-7-18(22)14-19/h5,7-8,14-17,20H,4,6,9-13H2,1-3H3,(H,23,26)/p+1/t15-,16+,17+,20-/m0/s1. The molecule has 2 fully saturated rings. The molecule has 1 aliphatic heterocycles. The number of quaternary nitrogens is 1. The first-order chi connectivity index (χ1) is 13.7. The van der Waals surface area contributed by atoms with Crippen molar-refractivity contribution in [2.24, 2.45) is 11.8 Å². The zero-order valence-electron chi connectivity index (χ0n) is 17.5. The summed E-state index contributed by atoms with van der Waals surface area (Å²) in [5.41, 5.74) is 0. The molecule has 0 aromatic heterocycles. The summed E-state index contributed by atoms with van der Waals surface area (Å²) in [5.74, 6) is 0.579. The van der Waals surface area contributed by atoms with E-state index in [-0.39, 0.29) is 22.9 Å². The number of rotatable bonds is 5. The van der Waals surface area contributed by atoms with Crippen LogP contribution in [0.5, 0.6) is 0 Å². The first-order valence-electron chi connectivity index (χ1n) is 10.6. The summed E-state index contributed by atoms with van der Waals surface area (Å²) >= 11 is 0. The molecule has 0 radical (unpaired) electrons. The van der Waals surface area contributed by atoms with Crippen LogP contribution in [0.25, 0.3) is 0 Å². The van der Waals surface area contributed by atoms with Crippen molar-refractivity contribution in [3.05, 3.63) is 30.1 Å². The van der Waals surface area contributed by atoms with Gasteiger partial charge in [-0.2, -0.15) is 4.31 Å². The molecule has 1 saturated heterocycles. The van der Waals surface area contributed by atoms with E-state index >= 15 is 0 Å². The summed E-state index contributed by atoms with van der Waals surface area (Å²) in [4.78, 5) is 13.9. The molecule has 6 nitrogen and oxygen atoms in total. The Bertz CT molecular complexity index is 824. The van der Waals surface area contributed by atoms with Crippen molar-refractivity contribution in [2.45, 2.75) is 57.0 Å². The molecule has 1 heterocycles. The number of carbonyl (C=O) groups excluding carboxylic acids is 1. The molecule has 1 saturated carbocycles. The SMILES string of the molecule is C[C@H]1[C@@H](NC(=O)[C@@H](C)[NH+]2CCN(S(=O)(=O)c3cccc(F)c3)CC2)CCC[C@@H]1C. The summed E-state index contributed by atoms with van der Waals surface area (Å²) < 4.78 is 40.3. The van der Waals surface area contributed by atoms with Gasteiger partial charge in [0.25, 0.3) is 5.91 Å². The molecule has 1 amide bonds. The minimum Gasteiger partial charge on any atom is -0.348 e. The van der Waals surface area contributed by atoms with Crippen molar-refractivity contribution in [3.8, 4) is 0 Å². The van der Waals surface area contributed by atoms with Gasteiger partial charge in [0, 0.05) is 6.04 Å². The monoisotopic (exact) mass is 426 g/mol. The second-order valence-electron chi connectivity index (χ2n) is 8.62. The molecule has 8 heteroatoms. The second kappa shape index (κ2) is 9.10. The first kappa shape index (κ1) is 22.2. The third kappa shape index (κ3) is 4.98. The highest BCUT2D eigenvalue weighted by molar-refractivity contribution is 7.89. The molecule has 162 valence electrons. The summed E-state index contributed by atoms with van der Waals surface area (Å²) in [7, 11) is -3.71. The van der Waals surface area contributed by atoms with Crippen LogP contribution in [0.1, 0.15) is 40.0 Å². The van der Waals surface area contributed by atoms with Crippen LogP contribution in [0.2, 0.25) is 0 Å². The van der Waals surface area contributed by atoms with Crippen LogP contribution >= 0.6 is 0 Å². The highest BCUT2D eigenvalue weighted by atomic mass is 32.2.